The minimum atomic E-state index is -0.979. The third-order valence-corrected chi connectivity index (χ3v) is 3.71. The fourth-order valence-corrected chi connectivity index (χ4v) is 2.17. The number of ether oxygens (including phenoxy) is 1. The van der Waals surface area contributed by atoms with Gasteiger partial charge in [-0.15, -0.1) is 0 Å². The number of nitrogens with zero attached hydrogens (tertiary/aromatic N) is 1. The Bertz CT molecular complexity index is 734. The summed E-state index contributed by atoms with van der Waals surface area (Å²) >= 11 is 5.78. The molecule has 1 amide bonds. The van der Waals surface area contributed by atoms with Gasteiger partial charge in [-0.05, 0) is 48.9 Å². The Kier molecular flexibility index (Phi) is 6.32. The lowest BCUT2D eigenvalue weighted by Gasteiger charge is -2.17. The zero-order valence-corrected chi connectivity index (χ0v) is 14.1. The highest BCUT2D eigenvalue weighted by molar-refractivity contribution is 6.30. The van der Waals surface area contributed by atoms with Gasteiger partial charge in [0, 0.05) is 23.7 Å². The van der Waals surface area contributed by atoms with Crippen LogP contribution in [0.15, 0.2) is 48.5 Å². The molecule has 2 atom stereocenters. The van der Waals surface area contributed by atoms with Crippen LogP contribution in [0.4, 0.5) is 5.69 Å². The Morgan fingerprint density at radius 3 is 2.40 bits per heavy atom. The fraction of sp³-hybridized carbons (Fsp3) is 0.235. The van der Waals surface area contributed by atoms with Crippen LogP contribution in [-0.4, -0.2) is 28.6 Å². The fourth-order valence-electron chi connectivity index (χ4n) is 2.05. The molecule has 0 heterocycles. The molecular formula is C17H17ClN2O5. The molecule has 0 aromatic heterocycles. The average Bonchev–Trinajstić information content (AvgIpc) is 2.61. The maximum Gasteiger partial charge on any atom is 0.269 e. The minimum absolute atomic E-state index is 0.0367. The second kappa shape index (κ2) is 8.46. The lowest BCUT2D eigenvalue weighted by atomic mass is 10.1. The maximum atomic E-state index is 12.0. The van der Waals surface area contributed by atoms with E-state index in [0.717, 1.165) is 0 Å². The van der Waals surface area contributed by atoms with Crippen LogP contribution >= 0.6 is 11.6 Å². The van der Waals surface area contributed by atoms with Gasteiger partial charge in [0.1, 0.15) is 5.75 Å². The van der Waals surface area contributed by atoms with Crippen molar-refractivity contribution in [2.75, 3.05) is 6.54 Å². The van der Waals surface area contributed by atoms with E-state index in [4.69, 9.17) is 16.3 Å². The van der Waals surface area contributed by atoms with Crippen LogP contribution in [0.5, 0.6) is 5.75 Å². The van der Waals surface area contributed by atoms with Gasteiger partial charge in [-0.2, -0.15) is 0 Å². The summed E-state index contributed by atoms with van der Waals surface area (Å²) in [6.07, 6.45) is -1.74. The zero-order valence-electron chi connectivity index (χ0n) is 13.4. The van der Waals surface area contributed by atoms with Gasteiger partial charge in [-0.3, -0.25) is 14.9 Å². The van der Waals surface area contributed by atoms with E-state index in [2.05, 4.69) is 5.32 Å². The van der Waals surface area contributed by atoms with Crippen molar-refractivity contribution in [2.45, 2.75) is 19.1 Å². The van der Waals surface area contributed by atoms with Crippen molar-refractivity contribution in [3.8, 4) is 5.75 Å². The molecule has 2 rings (SSSR count). The zero-order chi connectivity index (χ0) is 18.4. The summed E-state index contributed by atoms with van der Waals surface area (Å²) < 4.78 is 5.48. The van der Waals surface area contributed by atoms with Gasteiger partial charge in [0.2, 0.25) is 0 Å². The van der Waals surface area contributed by atoms with Gasteiger partial charge in [0.25, 0.3) is 11.6 Å². The molecule has 0 aliphatic carbocycles. The molecule has 7 nitrogen and oxygen atoms in total. The summed E-state index contributed by atoms with van der Waals surface area (Å²) in [5, 5.41) is 23.8. The molecule has 0 spiro atoms. The molecule has 0 unspecified atom stereocenters. The molecule has 2 aromatic rings. The van der Waals surface area contributed by atoms with E-state index >= 15 is 0 Å². The van der Waals surface area contributed by atoms with E-state index in [1.807, 2.05) is 0 Å². The van der Waals surface area contributed by atoms with E-state index in [1.54, 1.807) is 31.2 Å². The molecule has 0 radical (unpaired) electrons. The highest BCUT2D eigenvalue weighted by atomic mass is 35.5. The minimum Gasteiger partial charge on any atom is -0.481 e. The number of amides is 1. The number of nitro benzene ring substituents is 1. The number of halogens is 1. The first-order valence-corrected chi connectivity index (χ1v) is 7.87. The lowest BCUT2D eigenvalue weighted by Crippen LogP contribution is -2.38. The van der Waals surface area contributed by atoms with Gasteiger partial charge < -0.3 is 15.2 Å². The number of aliphatic hydroxyl groups is 1. The van der Waals surface area contributed by atoms with E-state index in [1.165, 1.54) is 24.3 Å². The van der Waals surface area contributed by atoms with Crippen LogP contribution < -0.4 is 10.1 Å². The highest BCUT2D eigenvalue weighted by Crippen LogP contribution is 2.18. The van der Waals surface area contributed by atoms with Crippen molar-refractivity contribution < 1.29 is 19.6 Å². The van der Waals surface area contributed by atoms with E-state index in [-0.39, 0.29) is 12.2 Å². The van der Waals surface area contributed by atoms with Crippen molar-refractivity contribution >= 4 is 23.2 Å². The number of nitro groups is 1. The van der Waals surface area contributed by atoms with Crippen LogP contribution in [0.25, 0.3) is 0 Å². The van der Waals surface area contributed by atoms with Gasteiger partial charge in [-0.25, -0.2) is 0 Å². The van der Waals surface area contributed by atoms with Gasteiger partial charge in [0.15, 0.2) is 6.10 Å². The van der Waals surface area contributed by atoms with E-state index < -0.39 is 23.0 Å². The largest absolute Gasteiger partial charge is 0.481 e. The number of hydrogen-bond acceptors (Lipinski definition) is 5. The average molecular weight is 365 g/mol. The summed E-state index contributed by atoms with van der Waals surface area (Å²) in [7, 11) is 0. The Labute approximate surface area is 149 Å². The van der Waals surface area contributed by atoms with Crippen LogP contribution in [0.2, 0.25) is 5.02 Å². The Morgan fingerprint density at radius 1 is 1.24 bits per heavy atom. The van der Waals surface area contributed by atoms with Crippen LogP contribution in [0.3, 0.4) is 0 Å². The normalized spacial score (nSPS) is 12.9. The van der Waals surface area contributed by atoms with Crippen molar-refractivity contribution in [3.05, 3.63) is 69.2 Å². The van der Waals surface area contributed by atoms with Gasteiger partial charge in [-0.1, -0.05) is 11.6 Å². The number of aliphatic hydroxyl groups excluding tert-OH is 1. The quantitative estimate of drug-likeness (QED) is 0.581. The standard InChI is InChI=1S/C17H17ClN2O5/c1-11(25-15-8-4-13(18)5-9-15)17(22)19-10-16(21)12-2-6-14(7-3-12)20(23)24/h2-9,11,16,21H,10H2,1H3,(H,19,22)/t11-,16-/m0/s1. The third-order valence-electron chi connectivity index (χ3n) is 3.45. The van der Waals surface area contributed by atoms with Crippen LogP contribution in [0.1, 0.15) is 18.6 Å². The predicted molar refractivity (Wildman–Crippen MR) is 92.6 cm³/mol. The Morgan fingerprint density at radius 2 is 1.84 bits per heavy atom. The summed E-state index contributed by atoms with van der Waals surface area (Å²) in [6, 6.07) is 12.1. The summed E-state index contributed by atoms with van der Waals surface area (Å²) in [6.45, 7) is 1.55. The summed E-state index contributed by atoms with van der Waals surface area (Å²) in [5.74, 6) is 0.110. The molecule has 132 valence electrons. The molecule has 2 N–H and O–H groups in total. The number of rotatable bonds is 7. The molecule has 0 saturated heterocycles. The number of benzene rings is 2. The van der Waals surface area contributed by atoms with E-state index in [0.29, 0.717) is 16.3 Å². The van der Waals surface area contributed by atoms with Gasteiger partial charge in [0.05, 0.1) is 11.0 Å². The molecule has 0 saturated carbocycles. The number of hydrogen-bond donors (Lipinski definition) is 2. The molecule has 0 aliphatic heterocycles. The molecule has 25 heavy (non-hydrogen) atoms. The highest BCUT2D eigenvalue weighted by Gasteiger charge is 2.17. The monoisotopic (exact) mass is 364 g/mol. The number of nitrogens with one attached hydrogen (secondary N) is 1. The Hall–Kier alpha value is -2.64. The Balaban J connectivity index is 1.85. The molecule has 2 aromatic carbocycles. The number of carbonyl (C=O) groups excluding carboxylic acids is 1. The molecule has 8 heteroatoms. The van der Waals surface area contributed by atoms with Crippen molar-refractivity contribution in [3.63, 3.8) is 0 Å². The van der Waals surface area contributed by atoms with Crippen LogP contribution in [0, 0.1) is 10.1 Å². The SMILES string of the molecule is C[C@H](Oc1ccc(Cl)cc1)C(=O)NC[C@H](O)c1ccc([N+](=O)[O-])cc1. The first-order valence-electron chi connectivity index (χ1n) is 7.49. The summed E-state index contributed by atoms with van der Waals surface area (Å²) in [5.41, 5.74) is 0.405. The van der Waals surface area contributed by atoms with Gasteiger partial charge >= 0.3 is 0 Å². The smallest absolute Gasteiger partial charge is 0.269 e. The second-order valence-corrected chi connectivity index (χ2v) is 5.76. The predicted octanol–water partition coefficient (Wildman–Crippen LogP) is 2.87. The topological polar surface area (TPSA) is 102 Å². The van der Waals surface area contributed by atoms with E-state index in [9.17, 15) is 20.0 Å². The molecule has 0 fully saturated rings. The van der Waals surface area contributed by atoms with Crippen molar-refractivity contribution in [1.29, 1.82) is 0 Å². The van der Waals surface area contributed by atoms with Crippen molar-refractivity contribution in [2.24, 2.45) is 0 Å². The first-order chi connectivity index (χ1) is 11.9. The molecule has 0 bridgehead atoms. The number of carbonyl (C=O) groups is 1. The number of non-ortho nitro benzene ring substituents is 1. The second-order valence-electron chi connectivity index (χ2n) is 5.32. The maximum absolute atomic E-state index is 12.0. The summed E-state index contributed by atoms with van der Waals surface area (Å²) in [4.78, 5) is 22.1. The lowest BCUT2D eigenvalue weighted by molar-refractivity contribution is -0.384. The first kappa shape index (κ1) is 18.7. The third kappa shape index (κ3) is 5.44. The van der Waals surface area contributed by atoms with Crippen LogP contribution in [-0.2, 0) is 4.79 Å². The molecular weight excluding hydrogens is 348 g/mol. The van der Waals surface area contributed by atoms with Crippen molar-refractivity contribution in [1.82, 2.24) is 5.32 Å². The molecule has 0 aliphatic rings.